The quantitative estimate of drug-likeness (QED) is 0.800. The number of imide groups is 1. The zero-order valence-corrected chi connectivity index (χ0v) is 12.5. The van der Waals surface area contributed by atoms with Crippen LogP contribution in [0.2, 0.25) is 0 Å². The van der Waals surface area contributed by atoms with Crippen LogP contribution in [0.1, 0.15) is 31.8 Å². The van der Waals surface area contributed by atoms with Crippen molar-refractivity contribution < 1.29 is 27.5 Å². The van der Waals surface area contributed by atoms with Crippen LogP contribution in [0.25, 0.3) is 0 Å². The lowest BCUT2D eigenvalue weighted by Crippen LogP contribution is -2.29. The smallest absolute Gasteiger partial charge is 0.405 e. The molecule has 126 valence electrons. The van der Waals surface area contributed by atoms with Gasteiger partial charge in [-0.3, -0.25) is 14.5 Å². The van der Waals surface area contributed by atoms with Crippen LogP contribution >= 0.6 is 0 Å². The molecule has 0 fully saturated rings. The molecule has 0 saturated carbocycles. The predicted octanol–water partition coefficient (Wildman–Crippen LogP) is 3.25. The third-order valence-corrected chi connectivity index (χ3v) is 3.63. The Labute approximate surface area is 139 Å². The Morgan fingerprint density at radius 1 is 1.04 bits per heavy atom. The van der Waals surface area contributed by atoms with E-state index in [9.17, 15) is 22.8 Å². The Morgan fingerprint density at radius 3 is 2.16 bits per heavy atom. The lowest BCUT2D eigenvalue weighted by molar-refractivity contribution is -0.274. The normalized spacial score (nSPS) is 13.6. The Bertz CT molecular complexity index is 881. The fraction of sp³-hybridized carbons (Fsp3) is 0.118. The molecular weight excluding hydrogens is 337 g/mol. The number of rotatable bonds is 3. The largest absolute Gasteiger partial charge is 0.573 e. The van der Waals surface area contributed by atoms with E-state index in [1.807, 2.05) is 0 Å². The highest BCUT2D eigenvalue weighted by Crippen LogP contribution is 2.31. The first-order valence-corrected chi connectivity index (χ1v) is 7.04. The van der Waals surface area contributed by atoms with Crippen LogP contribution in [0.4, 0.5) is 13.2 Å². The maximum absolute atomic E-state index is 12.6. The van der Waals surface area contributed by atoms with Crippen LogP contribution in [0, 0.1) is 11.3 Å². The molecule has 25 heavy (non-hydrogen) atoms. The van der Waals surface area contributed by atoms with Gasteiger partial charge in [-0.15, -0.1) is 13.2 Å². The number of hydrogen-bond donors (Lipinski definition) is 0. The van der Waals surface area contributed by atoms with Crippen molar-refractivity contribution in [1.29, 1.82) is 5.26 Å². The maximum atomic E-state index is 12.6. The summed E-state index contributed by atoms with van der Waals surface area (Å²) in [5, 5.41) is 8.83. The van der Waals surface area contributed by atoms with E-state index in [0.717, 1.165) is 11.0 Å². The Morgan fingerprint density at radius 2 is 1.64 bits per heavy atom. The summed E-state index contributed by atoms with van der Waals surface area (Å²) in [6, 6.07) is 11.3. The molecule has 0 spiro atoms. The first-order valence-electron chi connectivity index (χ1n) is 7.04. The van der Waals surface area contributed by atoms with E-state index < -0.39 is 30.5 Å². The monoisotopic (exact) mass is 346 g/mol. The summed E-state index contributed by atoms with van der Waals surface area (Å²) in [6.07, 6.45) is -4.97. The minimum atomic E-state index is -4.97. The first-order chi connectivity index (χ1) is 11.8. The number of fused-ring (bicyclic) bond motifs is 1. The van der Waals surface area contributed by atoms with Gasteiger partial charge in [0, 0.05) is 5.56 Å². The summed E-state index contributed by atoms with van der Waals surface area (Å²) < 4.78 is 41.7. The molecule has 2 aromatic carbocycles. The summed E-state index contributed by atoms with van der Waals surface area (Å²) >= 11 is 0. The molecule has 1 heterocycles. The Balaban J connectivity index is 1.95. The second kappa shape index (κ2) is 5.94. The highest BCUT2D eigenvalue weighted by Gasteiger charge is 2.37. The molecular formula is C17H9F3N2O3. The number of benzene rings is 2. The average Bonchev–Trinajstić information content (AvgIpc) is 2.80. The molecule has 3 rings (SSSR count). The van der Waals surface area contributed by atoms with Crippen molar-refractivity contribution in [3.63, 3.8) is 0 Å². The number of nitrogens with zero attached hydrogens (tertiary/aromatic N) is 2. The number of ether oxygens (including phenoxy) is 1. The van der Waals surface area contributed by atoms with Gasteiger partial charge in [-0.25, -0.2) is 0 Å². The molecule has 8 heteroatoms. The zero-order chi connectivity index (χ0) is 18.2. The molecule has 0 radical (unpaired) electrons. The van der Waals surface area contributed by atoms with Gasteiger partial charge in [0.15, 0.2) is 0 Å². The van der Waals surface area contributed by atoms with E-state index in [1.165, 1.54) is 24.3 Å². The molecule has 0 unspecified atom stereocenters. The van der Waals surface area contributed by atoms with Gasteiger partial charge in [0.2, 0.25) is 0 Å². The van der Waals surface area contributed by atoms with Gasteiger partial charge in [-0.05, 0) is 24.3 Å². The Kier molecular flexibility index (Phi) is 3.93. The van der Waals surface area contributed by atoms with E-state index in [1.54, 1.807) is 18.2 Å². The van der Waals surface area contributed by atoms with E-state index in [-0.39, 0.29) is 22.3 Å². The minimum Gasteiger partial charge on any atom is -0.405 e. The van der Waals surface area contributed by atoms with Gasteiger partial charge in [0.1, 0.15) is 5.75 Å². The molecule has 0 bridgehead atoms. The topological polar surface area (TPSA) is 70.4 Å². The van der Waals surface area contributed by atoms with Crippen molar-refractivity contribution in [3.05, 3.63) is 64.7 Å². The van der Waals surface area contributed by atoms with Crippen molar-refractivity contribution in [2.75, 3.05) is 0 Å². The zero-order valence-electron chi connectivity index (χ0n) is 12.5. The van der Waals surface area contributed by atoms with Gasteiger partial charge in [0.25, 0.3) is 11.8 Å². The molecule has 1 aliphatic heterocycles. The van der Waals surface area contributed by atoms with Gasteiger partial charge < -0.3 is 4.74 Å². The lowest BCUT2D eigenvalue weighted by atomic mass is 10.1. The standard InChI is InChI=1S/C17H9F3N2O3/c18-17(19,20)25-14-7-10(8-21)5-6-11(14)9-22-15(23)12-3-1-2-4-13(12)16(22)24/h1-7H,9H2. The number of alkyl halides is 3. The van der Waals surface area contributed by atoms with Crippen LogP contribution in [0.15, 0.2) is 42.5 Å². The SMILES string of the molecule is N#Cc1ccc(CN2C(=O)c3ccccc3C2=O)c(OC(F)(F)F)c1. The molecule has 2 aromatic rings. The van der Waals surface area contributed by atoms with Gasteiger partial charge in [-0.2, -0.15) is 5.26 Å². The molecule has 5 nitrogen and oxygen atoms in total. The third-order valence-electron chi connectivity index (χ3n) is 3.63. The number of amides is 2. The van der Waals surface area contributed by atoms with Crippen molar-refractivity contribution in [3.8, 4) is 11.8 Å². The second-order valence-corrected chi connectivity index (χ2v) is 5.22. The minimum absolute atomic E-state index is 0.0363. The van der Waals surface area contributed by atoms with Crippen molar-refractivity contribution in [2.24, 2.45) is 0 Å². The summed E-state index contributed by atoms with van der Waals surface area (Å²) in [6.45, 7) is -0.399. The summed E-state index contributed by atoms with van der Waals surface area (Å²) in [5.41, 5.74) is 0.315. The summed E-state index contributed by atoms with van der Waals surface area (Å²) in [4.78, 5) is 25.5. The summed E-state index contributed by atoms with van der Waals surface area (Å²) in [7, 11) is 0. The predicted molar refractivity (Wildman–Crippen MR) is 78.5 cm³/mol. The van der Waals surface area contributed by atoms with E-state index in [2.05, 4.69) is 4.74 Å². The van der Waals surface area contributed by atoms with Crippen molar-refractivity contribution >= 4 is 11.8 Å². The van der Waals surface area contributed by atoms with Crippen LogP contribution in [-0.4, -0.2) is 23.1 Å². The third kappa shape index (κ3) is 3.17. The van der Waals surface area contributed by atoms with Gasteiger partial charge >= 0.3 is 6.36 Å². The number of nitriles is 1. The van der Waals surface area contributed by atoms with Crippen molar-refractivity contribution in [2.45, 2.75) is 12.9 Å². The van der Waals surface area contributed by atoms with E-state index in [0.29, 0.717) is 0 Å². The average molecular weight is 346 g/mol. The van der Waals surface area contributed by atoms with E-state index in [4.69, 9.17) is 5.26 Å². The van der Waals surface area contributed by atoms with Gasteiger partial charge in [0.05, 0.1) is 29.3 Å². The first kappa shape index (κ1) is 16.5. The van der Waals surface area contributed by atoms with Crippen molar-refractivity contribution in [1.82, 2.24) is 4.90 Å². The molecule has 0 saturated heterocycles. The number of halogens is 3. The molecule has 0 atom stereocenters. The van der Waals surface area contributed by atoms with Crippen LogP contribution in [0.3, 0.4) is 0 Å². The van der Waals surface area contributed by atoms with Crippen LogP contribution in [-0.2, 0) is 6.54 Å². The molecule has 1 aliphatic rings. The lowest BCUT2D eigenvalue weighted by Gasteiger charge is -2.18. The fourth-order valence-corrected chi connectivity index (χ4v) is 2.53. The number of hydrogen-bond acceptors (Lipinski definition) is 4. The van der Waals surface area contributed by atoms with E-state index >= 15 is 0 Å². The molecule has 2 amide bonds. The van der Waals surface area contributed by atoms with Crippen LogP contribution < -0.4 is 4.74 Å². The highest BCUT2D eigenvalue weighted by atomic mass is 19.4. The van der Waals surface area contributed by atoms with Crippen LogP contribution in [0.5, 0.6) is 5.75 Å². The molecule has 0 aromatic heterocycles. The summed E-state index contributed by atoms with van der Waals surface area (Å²) in [5.74, 6) is -1.81. The maximum Gasteiger partial charge on any atom is 0.573 e. The Hall–Kier alpha value is -3.34. The number of carbonyl (C=O) groups excluding carboxylic acids is 2. The highest BCUT2D eigenvalue weighted by molar-refractivity contribution is 6.21. The second-order valence-electron chi connectivity index (χ2n) is 5.22. The molecule has 0 N–H and O–H groups in total. The number of carbonyl (C=O) groups is 2. The fourth-order valence-electron chi connectivity index (χ4n) is 2.53. The molecule has 0 aliphatic carbocycles. The van der Waals surface area contributed by atoms with Gasteiger partial charge in [-0.1, -0.05) is 18.2 Å².